The predicted octanol–water partition coefficient (Wildman–Crippen LogP) is 1.24. The normalized spacial score (nSPS) is 10.7. The summed E-state index contributed by atoms with van der Waals surface area (Å²) in [6.45, 7) is 0.0255. The van der Waals surface area contributed by atoms with Crippen LogP contribution in [-0.2, 0) is 0 Å². The van der Waals surface area contributed by atoms with Crippen molar-refractivity contribution in [1.82, 2.24) is 9.97 Å². The van der Waals surface area contributed by atoms with Crippen LogP contribution in [0.1, 0.15) is 5.69 Å². The van der Waals surface area contributed by atoms with E-state index >= 15 is 0 Å². The first-order chi connectivity index (χ1) is 5.33. The quantitative estimate of drug-likeness (QED) is 0.807. The summed E-state index contributed by atoms with van der Waals surface area (Å²) < 4.78 is 0.707. The SMILES string of the molecule is OCC=Cc1cnc(Br)cn1. The molecule has 0 atom stereocenters. The monoisotopic (exact) mass is 214 g/mol. The van der Waals surface area contributed by atoms with Crippen LogP contribution in [0.25, 0.3) is 6.08 Å². The van der Waals surface area contributed by atoms with Crippen LogP contribution in [0.15, 0.2) is 23.1 Å². The first-order valence-corrected chi connectivity index (χ1v) is 3.87. The first kappa shape index (κ1) is 8.36. The smallest absolute Gasteiger partial charge is 0.124 e. The Morgan fingerprint density at radius 3 is 2.82 bits per heavy atom. The zero-order valence-corrected chi connectivity index (χ0v) is 7.32. The lowest BCUT2D eigenvalue weighted by Crippen LogP contribution is -1.83. The van der Waals surface area contributed by atoms with Gasteiger partial charge in [0.05, 0.1) is 24.7 Å². The van der Waals surface area contributed by atoms with E-state index in [0.29, 0.717) is 4.60 Å². The number of hydrogen-bond acceptors (Lipinski definition) is 3. The molecule has 0 radical (unpaired) electrons. The summed E-state index contributed by atoms with van der Waals surface area (Å²) in [7, 11) is 0. The molecule has 11 heavy (non-hydrogen) atoms. The number of aliphatic hydroxyl groups is 1. The van der Waals surface area contributed by atoms with Crippen LogP contribution in [0.4, 0.5) is 0 Å². The predicted molar refractivity (Wildman–Crippen MR) is 45.9 cm³/mol. The van der Waals surface area contributed by atoms with Gasteiger partial charge in [-0.25, -0.2) is 4.98 Å². The third-order valence-electron chi connectivity index (χ3n) is 1.03. The van der Waals surface area contributed by atoms with Crippen LogP contribution in [0.5, 0.6) is 0 Å². The standard InChI is InChI=1S/C7H7BrN2O/c8-7-5-9-6(4-10-7)2-1-3-11/h1-2,4-5,11H,3H2. The molecule has 1 N–H and O–H groups in total. The largest absolute Gasteiger partial charge is 0.392 e. The molecule has 0 spiro atoms. The molecule has 0 saturated carbocycles. The van der Waals surface area contributed by atoms with E-state index in [1.165, 1.54) is 0 Å². The zero-order valence-electron chi connectivity index (χ0n) is 5.74. The van der Waals surface area contributed by atoms with Crippen molar-refractivity contribution in [3.63, 3.8) is 0 Å². The zero-order chi connectivity index (χ0) is 8.10. The summed E-state index contributed by atoms with van der Waals surface area (Å²) in [5, 5.41) is 8.44. The second-order valence-corrected chi connectivity index (χ2v) is 2.66. The number of rotatable bonds is 2. The number of aromatic nitrogens is 2. The van der Waals surface area contributed by atoms with Crippen molar-refractivity contribution in [3.05, 3.63) is 28.8 Å². The average Bonchev–Trinajstić information content (AvgIpc) is 2.04. The third-order valence-corrected chi connectivity index (χ3v) is 1.44. The van der Waals surface area contributed by atoms with Gasteiger partial charge < -0.3 is 5.11 Å². The molecule has 0 amide bonds. The lowest BCUT2D eigenvalue weighted by molar-refractivity contribution is 0.343. The fourth-order valence-electron chi connectivity index (χ4n) is 0.582. The molecule has 0 aliphatic heterocycles. The molecule has 0 fully saturated rings. The Morgan fingerprint density at radius 1 is 1.45 bits per heavy atom. The van der Waals surface area contributed by atoms with Crippen LogP contribution in [-0.4, -0.2) is 21.7 Å². The van der Waals surface area contributed by atoms with Crippen molar-refractivity contribution in [2.45, 2.75) is 0 Å². The Kier molecular flexibility index (Phi) is 3.19. The molecular weight excluding hydrogens is 208 g/mol. The molecule has 0 bridgehead atoms. The van der Waals surface area contributed by atoms with Crippen molar-refractivity contribution in [2.75, 3.05) is 6.61 Å². The van der Waals surface area contributed by atoms with Gasteiger partial charge in [0.25, 0.3) is 0 Å². The van der Waals surface area contributed by atoms with E-state index in [2.05, 4.69) is 25.9 Å². The Morgan fingerprint density at radius 2 is 2.27 bits per heavy atom. The maximum absolute atomic E-state index is 8.44. The van der Waals surface area contributed by atoms with E-state index in [9.17, 15) is 0 Å². The molecule has 3 nitrogen and oxygen atoms in total. The molecule has 1 aromatic rings. The molecule has 1 heterocycles. The van der Waals surface area contributed by atoms with Crippen molar-refractivity contribution in [2.24, 2.45) is 0 Å². The number of nitrogens with zero attached hydrogens (tertiary/aromatic N) is 2. The van der Waals surface area contributed by atoms with Gasteiger partial charge in [-0.1, -0.05) is 6.08 Å². The number of hydrogen-bond donors (Lipinski definition) is 1. The highest BCUT2D eigenvalue weighted by molar-refractivity contribution is 9.10. The van der Waals surface area contributed by atoms with Crippen LogP contribution in [0.2, 0.25) is 0 Å². The second kappa shape index (κ2) is 4.20. The second-order valence-electron chi connectivity index (χ2n) is 1.85. The first-order valence-electron chi connectivity index (χ1n) is 3.08. The lowest BCUT2D eigenvalue weighted by atomic mass is 10.4. The topological polar surface area (TPSA) is 46.0 Å². The lowest BCUT2D eigenvalue weighted by Gasteiger charge is -1.90. The molecule has 1 aromatic heterocycles. The minimum atomic E-state index is 0.0255. The highest BCUT2D eigenvalue weighted by Gasteiger charge is 1.88. The van der Waals surface area contributed by atoms with E-state index in [-0.39, 0.29) is 6.61 Å². The van der Waals surface area contributed by atoms with Gasteiger partial charge in [-0.3, -0.25) is 4.98 Å². The van der Waals surface area contributed by atoms with Gasteiger partial charge in [-0.15, -0.1) is 0 Å². The number of halogens is 1. The Bertz CT molecular complexity index is 245. The van der Waals surface area contributed by atoms with Crippen molar-refractivity contribution >= 4 is 22.0 Å². The molecule has 0 aromatic carbocycles. The number of aliphatic hydroxyl groups excluding tert-OH is 1. The van der Waals surface area contributed by atoms with Crippen LogP contribution in [0.3, 0.4) is 0 Å². The molecule has 58 valence electrons. The molecule has 1 rings (SSSR count). The maximum atomic E-state index is 8.44. The molecule has 4 heteroatoms. The highest BCUT2D eigenvalue weighted by Crippen LogP contribution is 2.03. The van der Waals surface area contributed by atoms with Crippen molar-refractivity contribution in [3.8, 4) is 0 Å². The van der Waals surface area contributed by atoms with Crippen LogP contribution < -0.4 is 0 Å². The summed E-state index contributed by atoms with van der Waals surface area (Å²) in [5.41, 5.74) is 0.738. The summed E-state index contributed by atoms with van der Waals surface area (Å²) in [6.07, 6.45) is 6.55. The minimum absolute atomic E-state index is 0.0255. The maximum Gasteiger partial charge on any atom is 0.124 e. The van der Waals surface area contributed by atoms with Gasteiger partial charge in [0.1, 0.15) is 4.60 Å². The average molecular weight is 215 g/mol. The van der Waals surface area contributed by atoms with E-state index in [0.717, 1.165) is 5.69 Å². The van der Waals surface area contributed by atoms with Gasteiger partial charge >= 0.3 is 0 Å². The van der Waals surface area contributed by atoms with Crippen molar-refractivity contribution in [1.29, 1.82) is 0 Å². The Hall–Kier alpha value is -0.740. The minimum Gasteiger partial charge on any atom is -0.392 e. The highest BCUT2D eigenvalue weighted by atomic mass is 79.9. The molecule has 0 unspecified atom stereocenters. The van der Waals surface area contributed by atoms with Gasteiger partial charge in [-0.2, -0.15) is 0 Å². The van der Waals surface area contributed by atoms with E-state index in [4.69, 9.17) is 5.11 Å². The third kappa shape index (κ3) is 2.78. The summed E-state index contributed by atoms with van der Waals surface area (Å²) in [6, 6.07) is 0. The van der Waals surface area contributed by atoms with Gasteiger partial charge in [-0.05, 0) is 22.0 Å². The molecule has 0 aliphatic rings. The molecule has 0 aliphatic carbocycles. The van der Waals surface area contributed by atoms with E-state index in [1.54, 1.807) is 24.5 Å². The van der Waals surface area contributed by atoms with E-state index in [1.807, 2.05) is 0 Å². The summed E-state index contributed by atoms with van der Waals surface area (Å²) in [4.78, 5) is 7.96. The van der Waals surface area contributed by atoms with Gasteiger partial charge in [0.2, 0.25) is 0 Å². The molecule has 0 saturated heterocycles. The van der Waals surface area contributed by atoms with Crippen molar-refractivity contribution < 1.29 is 5.11 Å². The van der Waals surface area contributed by atoms with Gasteiger partial charge in [0.15, 0.2) is 0 Å². The van der Waals surface area contributed by atoms with Gasteiger partial charge in [0, 0.05) is 0 Å². The summed E-state index contributed by atoms with van der Waals surface area (Å²) in [5.74, 6) is 0. The fraction of sp³-hybridized carbons (Fsp3) is 0.143. The van der Waals surface area contributed by atoms with Crippen LogP contribution in [0, 0.1) is 0 Å². The Labute approximate surface area is 72.9 Å². The molecular formula is C7H7BrN2O. The van der Waals surface area contributed by atoms with Crippen LogP contribution >= 0.6 is 15.9 Å². The van der Waals surface area contributed by atoms with E-state index < -0.39 is 0 Å². The Balaban J connectivity index is 2.73. The fourth-order valence-corrected chi connectivity index (χ4v) is 0.787. The summed E-state index contributed by atoms with van der Waals surface area (Å²) >= 11 is 3.17.